The minimum Gasteiger partial charge on any atom is -0.497 e. The summed E-state index contributed by atoms with van der Waals surface area (Å²) in [6, 6.07) is 14.4. The zero-order valence-electron chi connectivity index (χ0n) is 17.8. The van der Waals surface area contributed by atoms with Gasteiger partial charge in [-0.05, 0) is 55.5 Å². The Hall–Kier alpha value is -3.63. The molecule has 33 heavy (non-hydrogen) atoms. The second-order valence-corrected chi connectivity index (χ2v) is 8.97. The fraction of sp³-hybridized carbons (Fsp3) is 0.130. The summed E-state index contributed by atoms with van der Waals surface area (Å²) in [5.41, 5.74) is 2.22. The molecule has 0 radical (unpaired) electrons. The molecule has 0 saturated heterocycles. The van der Waals surface area contributed by atoms with E-state index < -0.39 is 11.9 Å². The molecule has 3 aromatic rings. The number of thiazole rings is 1. The first-order valence-corrected chi connectivity index (χ1v) is 11.5. The van der Waals surface area contributed by atoms with Crippen LogP contribution in [-0.4, -0.2) is 40.2 Å². The van der Waals surface area contributed by atoms with Crippen LogP contribution in [0.4, 0.5) is 10.8 Å². The summed E-state index contributed by atoms with van der Waals surface area (Å²) in [7, 11) is 1.61. The van der Waals surface area contributed by atoms with E-state index >= 15 is 0 Å². The van der Waals surface area contributed by atoms with Crippen molar-refractivity contribution in [3.63, 3.8) is 0 Å². The van der Waals surface area contributed by atoms with Gasteiger partial charge in [-0.2, -0.15) is 0 Å². The van der Waals surface area contributed by atoms with E-state index in [1.165, 1.54) is 23.1 Å². The van der Waals surface area contributed by atoms with Crippen molar-refractivity contribution in [2.75, 3.05) is 17.7 Å². The summed E-state index contributed by atoms with van der Waals surface area (Å²) in [5, 5.41) is 16.0. The summed E-state index contributed by atoms with van der Waals surface area (Å²) in [6.07, 6.45) is 1.71. The number of anilines is 2. The fourth-order valence-corrected chi connectivity index (χ4v) is 4.23. The number of amides is 2. The third-order valence-electron chi connectivity index (χ3n) is 4.30. The molecule has 10 heteroatoms. The van der Waals surface area contributed by atoms with Crippen LogP contribution in [0.15, 0.2) is 71.0 Å². The van der Waals surface area contributed by atoms with Gasteiger partial charge in [0.2, 0.25) is 11.8 Å². The van der Waals surface area contributed by atoms with Crippen molar-refractivity contribution in [3.8, 4) is 17.0 Å². The molecular formula is C23H21N3O5S2. The van der Waals surface area contributed by atoms with E-state index in [0.29, 0.717) is 10.8 Å². The van der Waals surface area contributed by atoms with Crippen LogP contribution in [0.2, 0.25) is 0 Å². The van der Waals surface area contributed by atoms with Gasteiger partial charge in [-0.15, -0.1) is 23.1 Å². The van der Waals surface area contributed by atoms with Crippen LogP contribution in [0.5, 0.6) is 5.75 Å². The van der Waals surface area contributed by atoms with E-state index in [0.717, 1.165) is 34.1 Å². The Kier molecular flexibility index (Phi) is 8.22. The van der Waals surface area contributed by atoms with E-state index in [2.05, 4.69) is 15.6 Å². The van der Waals surface area contributed by atoms with Gasteiger partial charge in [0, 0.05) is 33.7 Å². The molecule has 8 nitrogen and oxygen atoms in total. The Morgan fingerprint density at radius 2 is 1.76 bits per heavy atom. The number of methoxy groups -OCH3 is 1. The molecule has 2 amide bonds. The monoisotopic (exact) mass is 483 g/mol. The highest BCUT2D eigenvalue weighted by Gasteiger charge is 2.16. The number of carbonyl (C=O) groups excluding carboxylic acids is 2. The molecule has 1 unspecified atom stereocenters. The third-order valence-corrected chi connectivity index (χ3v) is 6.17. The van der Waals surface area contributed by atoms with Crippen molar-refractivity contribution in [3.05, 3.63) is 66.1 Å². The molecule has 3 rings (SSSR count). The number of nitrogens with zero attached hydrogens (tertiary/aromatic N) is 1. The number of benzene rings is 2. The van der Waals surface area contributed by atoms with E-state index in [9.17, 15) is 14.4 Å². The molecule has 1 aromatic heterocycles. The number of nitrogens with one attached hydrogen (secondary N) is 2. The summed E-state index contributed by atoms with van der Waals surface area (Å²) < 4.78 is 5.16. The molecule has 2 aromatic carbocycles. The SMILES string of the molecule is COc1ccc(-c2csc(NC(=O)C(C)Sc3ccc(NC(=O)/C=C/C(=O)O)cc3)n2)cc1. The van der Waals surface area contributed by atoms with Crippen LogP contribution in [0, 0.1) is 0 Å². The van der Waals surface area contributed by atoms with Crippen LogP contribution in [0.25, 0.3) is 11.3 Å². The van der Waals surface area contributed by atoms with Crippen molar-refractivity contribution in [1.29, 1.82) is 0 Å². The van der Waals surface area contributed by atoms with Crippen LogP contribution in [-0.2, 0) is 14.4 Å². The number of thioether (sulfide) groups is 1. The van der Waals surface area contributed by atoms with Crippen LogP contribution in [0.3, 0.4) is 0 Å². The summed E-state index contributed by atoms with van der Waals surface area (Å²) >= 11 is 2.72. The molecule has 0 aliphatic rings. The molecular weight excluding hydrogens is 462 g/mol. The number of hydrogen-bond acceptors (Lipinski definition) is 7. The van der Waals surface area contributed by atoms with Gasteiger partial charge < -0.3 is 20.5 Å². The predicted octanol–water partition coefficient (Wildman–Crippen LogP) is 4.52. The lowest BCUT2D eigenvalue weighted by Crippen LogP contribution is -2.22. The maximum Gasteiger partial charge on any atom is 0.328 e. The minimum absolute atomic E-state index is 0.174. The Bertz CT molecular complexity index is 1160. The van der Waals surface area contributed by atoms with E-state index in [4.69, 9.17) is 9.84 Å². The first-order valence-electron chi connectivity index (χ1n) is 9.73. The highest BCUT2D eigenvalue weighted by Crippen LogP contribution is 2.29. The zero-order valence-corrected chi connectivity index (χ0v) is 19.4. The molecule has 0 aliphatic heterocycles. The maximum absolute atomic E-state index is 12.6. The number of aromatic nitrogens is 1. The fourth-order valence-electron chi connectivity index (χ4n) is 2.64. The van der Waals surface area contributed by atoms with E-state index in [1.54, 1.807) is 38.3 Å². The first-order chi connectivity index (χ1) is 15.8. The van der Waals surface area contributed by atoms with Crippen molar-refractivity contribution < 1.29 is 24.2 Å². The second kappa shape index (κ2) is 11.3. The third kappa shape index (κ3) is 7.19. The number of carboxylic acids is 1. The molecule has 3 N–H and O–H groups in total. The second-order valence-electron chi connectivity index (χ2n) is 6.70. The minimum atomic E-state index is -1.20. The van der Waals surface area contributed by atoms with Crippen molar-refractivity contribution in [1.82, 2.24) is 4.98 Å². The maximum atomic E-state index is 12.6. The Morgan fingerprint density at radius 1 is 1.06 bits per heavy atom. The van der Waals surface area contributed by atoms with Crippen molar-refractivity contribution in [2.24, 2.45) is 0 Å². The van der Waals surface area contributed by atoms with Crippen molar-refractivity contribution >= 4 is 51.7 Å². The van der Waals surface area contributed by atoms with Gasteiger partial charge in [-0.1, -0.05) is 0 Å². The van der Waals surface area contributed by atoms with Crippen LogP contribution >= 0.6 is 23.1 Å². The largest absolute Gasteiger partial charge is 0.497 e. The molecule has 1 heterocycles. The molecule has 0 bridgehead atoms. The topological polar surface area (TPSA) is 118 Å². The molecule has 0 fully saturated rings. The zero-order chi connectivity index (χ0) is 23.8. The Labute approximate surface area is 198 Å². The number of aliphatic carboxylic acids is 1. The van der Waals surface area contributed by atoms with Gasteiger partial charge >= 0.3 is 5.97 Å². The number of carbonyl (C=O) groups is 3. The molecule has 0 aliphatic carbocycles. The highest BCUT2D eigenvalue weighted by atomic mass is 32.2. The van der Waals surface area contributed by atoms with Gasteiger partial charge in [0.15, 0.2) is 5.13 Å². The molecule has 1 atom stereocenters. The van der Waals surface area contributed by atoms with Gasteiger partial charge in [-0.25, -0.2) is 9.78 Å². The first kappa shape index (κ1) is 24.0. The van der Waals surface area contributed by atoms with Crippen molar-refractivity contribution in [2.45, 2.75) is 17.1 Å². The highest BCUT2D eigenvalue weighted by molar-refractivity contribution is 8.00. The molecule has 0 saturated carbocycles. The Morgan fingerprint density at radius 3 is 2.39 bits per heavy atom. The number of hydrogen-bond donors (Lipinski definition) is 3. The number of carboxylic acid groups (broad SMARTS) is 1. The average Bonchev–Trinajstić information content (AvgIpc) is 3.27. The number of ether oxygens (including phenoxy) is 1. The lowest BCUT2D eigenvalue weighted by molar-refractivity contribution is -0.131. The lowest BCUT2D eigenvalue weighted by atomic mass is 10.2. The summed E-state index contributed by atoms with van der Waals surface area (Å²) in [4.78, 5) is 40.0. The predicted molar refractivity (Wildman–Crippen MR) is 130 cm³/mol. The number of rotatable bonds is 9. The molecule has 170 valence electrons. The molecule has 0 spiro atoms. The van der Waals surface area contributed by atoms with E-state index in [1.807, 2.05) is 29.6 Å². The summed E-state index contributed by atoms with van der Waals surface area (Å²) in [6.45, 7) is 1.80. The average molecular weight is 484 g/mol. The summed E-state index contributed by atoms with van der Waals surface area (Å²) in [5.74, 6) is -1.15. The normalized spacial score (nSPS) is 11.7. The standard InChI is InChI=1S/C23H21N3O5S2/c1-14(33-18-9-5-16(6-10-18)24-20(27)11-12-21(28)29)22(30)26-23-25-19(13-32-23)15-3-7-17(31-2)8-4-15/h3-14H,1-2H3,(H,24,27)(H,28,29)(H,25,26,30)/b12-11+. The Balaban J connectivity index is 1.53. The van der Waals surface area contributed by atoms with Crippen LogP contribution in [0.1, 0.15) is 6.92 Å². The van der Waals surface area contributed by atoms with E-state index in [-0.39, 0.29) is 11.2 Å². The van der Waals surface area contributed by atoms with Gasteiger partial charge in [0.1, 0.15) is 5.75 Å². The smallest absolute Gasteiger partial charge is 0.328 e. The lowest BCUT2D eigenvalue weighted by Gasteiger charge is -2.11. The quantitative estimate of drug-likeness (QED) is 0.303. The van der Waals surface area contributed by atoms with Crippen LogP contribution < -0.4 is 15.4 Å². The van der Waals surface area contributed by atoms with Gasteiger partial charge in [-0.3, -0.25) is 9.59 Å². The van der Waals surface area contributed by atoms with Gasteiger partial charge in [0.05, 0.1) is 18.1 Å². The van der Waals surface area contributed by atoms with Gasteiger partial charge in [0.25, 0.3) is 0 Å².